The maximum Gasteiger partial charge on any atom is 0.364 e. The molecule has 17 heavy (non-hydrogen) atoms. The molecule has 0 aliphatic heterocycles. The minimum atomic E-state index is -0.430. The zero-order valence-corrected chi connectivity index (χ0v) is 8.40. The van der Waals surface area contributed by atoms with Crippen LogP contribution in [0.1, 0.15) is 5.82 Å². The monoisotopic (exact) mass is 227 g/mol. The second-order valence-corrected chi connectivity index (χ2v) is 3.22. The van der Waals surface area contributed by atoms with Gasteiger partial charge in [-0.25, -0.2) is 14.9 Å². The first-order valence-corrected chi connectivity index (χ1v) is 4.68. The fourth-order valence-electron chi connectivity index (χ4n) is 1.49. The predicted octanol–water partition coefficient (Wildman–Crippen LogP) is -0.525. The molecule has 0 radical (unpaired) electrons. The van der Waals surface area contributed by atoms with Crippen LogP contribution in [0.15, 0.2) is 29.3 Å². The number of hydrogen-bond donors (Lipinski definition) is 1. The van der Waals surface area contributed by atoms with Gasteiger partial charge >= 0.3 is 5.69 Å². The van der Waals surface area contributed by atoms with Gasteiger partial charge in [0.15, 0.2) is 11.5 Å². The molecule has 0 spiro atoms. The van der Waals surface area contributed by atoms with Gasteiger partial charge in [0.2, 0.25) is 5.82 Å². The molecule has 8 heteroatoms. The number of aromatic nitrogens is 6. The van der Waals surface area contributed by atoms with E-state index in [9.17, 15) is 4.79 Å². The molecule has 82 valence electrons. The smallest absolute Gasteiger partial charge is 0.274 e. The molecule has 3 rings (SSSR count). The third-order valence-electron chi connectivity index (χ3n) is 2.25. The third kappa shape index (κ3) is 1.30. The Hall–Kier alpha value is -2.95. The first kappa shape index (κ1) is 9.29. The van der Waals surface area contributed by atoms with Gasteiger partial charge in [-0.2, -0.15) is 14.9 Å². The molecular weight excluding hydrogens is 222 g/mol. The molecule has 1 N–H and O–H groups in total. The summed E-state index contributed by atoms with van der Waals surface area (Å²) in [6.07, 6.45) is 3.08. The topological polar surface area (TPSA) is 105 Å². The molecule has 0 atom stereocenters. The van der Waals surface area contributed by atoms with Crippen LogP contribution in [0.2, 0.25) is 0 Å². The lowest BCUT2D eigenvalue weighted by Crippen LogP contribution is -2.14. The number of hydrogen-bond acceptors (Lipinski definition) is 5. The number of rotatable bonds is 1. The van der Waals surface area contributed by atoms with Crippen molar-refractivity contribution in [2.45, 2.75) is 0 Å². The Morgan fingerprint density at radius 2 is 2.29 bits per heavy atom. The molecule has 3 heterocycles. The summed E-state index contributed by atoms with van der Waals surface area (Å²) < 4.78 is 2.61. The number of nitriles is 1. The van der Waals surface area contributed by atoms with Crippen LogP contribution >= 0.6 is 0 Å². The van der Waals surface area contributed by atoms with E-state index in [1.54, 1.807) is 18.3 Å². The Labute approximate surface area is 93.8 Å². The number of nitrogens with one attached hydrogen (secondary N) is 1. The predicted molar refractivity (Wildman–Crippen MR) is 55.4 cm³/mol. The van der Waals surface area contributed by atoms with Crippen LogP contribution in [-0.4, -0.2) is 29.4 Å². The molecule has 0 aliphatic carbocycles. The van der Waals surface area contributed by atoms with Gasteiger partial charge in [-0.1, -0.05) is 0 Å². The summed E-state index contributed by atoms with van der Waals surface area (Å²) in [7, 11) is 0. The highest BCUT2D eigenvalue weighted by Gasteiger charge is 2.07. The normalized spacial score (nSPS) is 10.5. The second kappa shape index (κ2) is 3.28. The average Bonchev–Trinajstić information content (AvgIpc) is 2.96. The fraction of sp³-hybridized carbons (Fsp3) is 0. The molecule has 3 aromatic heterocycles. The van der Waals surface area contributed by atoms with Gasteiger partial charge in [0.25, 0.3) is 0 Å². The van der Waals surface area contributed by atoms with E-state index in [-0.39, 0.29) is 5.82 Å². The van der Waals surface area contributed by atoms with Gasteiger partial charge in [0.05, 0.1) is 0 Å². The summed E-state index contributed by atoms with van der Waals surface area (Å²) in [5.41, 5.74) is -0.0159. The van der Waals surface area contributed by atoms with Crippen LogP contribution in [0.3, 0.4) is 0 Å². The number of nitrogens with zero attached hydrogens (tertiary/aromatic N) is 6. The first-order chi connectivity index (χ1) is 8.29. The highest BCUT2D eigenvalue weighted by molar-refractivity contribution is 5.39. The lowest BCUT2D eigenvalue weighted by Gasteiger charge is -2.01. The lowest BCUT2D eigenvalue weighted by molar-refractivity contribution is 0.826. The van der Waals surface area contributed by atoms with E-state index in [0.717, 1.165) is 4.52 Å². The minimum absolute atomic E-state index is 0.202. The quantitative estimate of drug-likeness (QED) is 0.602. The Morgan fingerprint density at radius 1 is 1.41 bits per heavy atom. The van der Waals surface area contributed by atoms with Crippen molar-refractivity contribution in [1.29, 1.82) is 5.26 Å². The van der Waals surface area contributed by atoms with Crippen molar-refractivity contribution >= 4 is 5.65 Å². The second-order valence-electron chi connectivity index (χ2n) is 3.22. The van der Waals surface area contributed by atoms with Gasteiger partial charge in [0, 0.05) is 12.4 Å². The van der Waals surface area contributed by atoms with Crippen LogP contribution in [0.25, 0.3) is 11.5 Å². The van der Waals surface area contributed by atoms with Crippen LogP contribution in [0, 0.1) is 11.3 Å². The van der Waals surface area contributed by atoms with E-state index < -0.39 is 5.69 Å². The summed E-state index contributed by atoms with van der Waals surface area (Å²) in [6, 6.07) is 5.21. The number of aromatic amines is 1. The number of fused-ring (bicyclic) bond motifs is 1. The van der Waals surface area contributed by atoms with Crippen molar-refractivity contribution in [3.63, 3.8) is 0 Å². The van der Waals surface area contributed by atoms with Gasteiger partial charge in [-0.05, 0) is 12.1 Å². The molecule has 0 unspecified atom stereocenters. The van der Waals surface area contributed by atoms with E-state index >= 15 is 0 Å². The van der Waals surface area contributed by atoms with Gasteiger partial charge in [-0.3, -0.25) is 4.57 Å². The third-order valence-corrected chi connectivity index (χ3v) is 2.25. The molecule has 0 saturated carbocycles. The van der Waals surface area contributed by atoms with Gasteiger partial charge < -0.3 is 0 Å². The molecule has 0 aliphatic rings. The maximum absolute atomic E-state index is 11.3. The zero-order valence-electron chi connectivity index (χ0n) is 8.40. The van der Waals surface area contributed by atoms with E-state index in [2.05, 4.69) is 20.3 Å². The van der Waals surface area contributed by atoms with Crippen molar-refractivity contribution in [3.05, 3.63) is 40.8 Å². The molecule has 0 bridgehead atoms. The largest absolute Gasteiger partial charge is 0.364 e. The summed E-state index contributed by atoms with van der Waals surface area (Å²) >= 11 is 0. The Balaban J connectivity index is 2.28. The zero-order chi connectivity index (χ0) is 11.8. The van der Waals surface area contributed by atoms with Crippen molar-refractivity contribution in [2.75, 3.05) is 0 Å². The van der Waals surface area contributed by atoms with Gasteiger partial charge in [-0.15, -0.1) is 5.10 Å². The van der Waals surface area contributed by atoms with Crippen molar-refractivity contribution in [2.24, 2.45) is 0 Å². The number of imidazole rings is 1. The summed E-state index contributed by atoms with van der Waals surface area (Å²) in [6.45, 7) is 0. The molecule has 3 aromatic rings. The van der Waals surface area contributed by atoms with Crippen LogP contribution in [0.5, 0.6) is 0 Å². The molecule has 0 saturated heterocycles. The van der Waals surface area contributed by atoms with E-state index in [4.69, 9.17) is 5.26 Å². The standard InChI is InChI=1S/C9H5N7O/c10-5-8-11-3-4-15(8)7-2-1-6-12-13-9(17)16(6)14-7/h1-4H,(H,13,17). The molecule has 0 amide bonds. The fourth-order valence-corrected chi connectivity index (χ4v) is 1.49. The van der Waals surface area contributed by atoms with Crippen LogP contribution in [0.4, 0.5) is 0 Å². The van der Waals surface area contributed by atoms with E-state index in [0.29, 0.717) is 11.5 Å². The van der Waals surface area contributed by atoms with Crippen LogP contribution in [-0.2, 0) is 0 Å². The summed E-state index contributed by atoms with van der Waals surface area (Å²) in [5, 5.41) is 19.0. The Bertz CT molecular complexity index is 787. The Kier molecular flexibility index (Phi) is 1.79. The summed E-state index contributed by atoms with van der Waals surface area (Å²) in [4.78, 5) is 15.2. The highest BCUT2D eigenvalue weighted by Crippen LogP contribution is 2.06. The average molecular weight is 227 g/mol. The van der Waals surface area contributed by atoms with Crippen LogP contribution < -0.4 is 5.69 Å². The maximum atomic E-state index is 11.3. The molecule has 0 fully saturated rings. The highest BCUT2D eigenvalue weighted by atomic mass is 16.2. The minimum Gasteiger partial charge on any atom is -0.274 e. The van der Waals surface area contributed by atoms with Crippen molar-refractivity contribution < 1.29 is 0 Å². The Morgan fingerprint density at radius 3 is 3.12 bits per heavy atom. The van der Waals surface area contributed by atoms with Crippen molar-refractivity contribution in [3.8, 4) is 11.9 Å². The first-order valence-electron chi connectivity index (χ1n) is 4.68. The van der Waals surface area contributed by atoms with E-state index in [1.165, 1.54) is 10.8 Å². The molecular formula is C9H5N7O. The SMILES string of the molecule is N#Cc1nccn1-c1ccc2n[nH]c(=O)n2n1. The number of H-pyrrole nitrogens is 1. The van der Waals surface area contributed by atoms with Gasteiger partial charge in [0.1, 0.15) is 6.07 Å². The van der Waals surface area contributed by atoms with E-state index in [1.807, 2.05) is 6.07 Å². The van der Waals surface area contributed by atoms with Crippen molar-refractivity contribution in [1.82, 2.24) is 29.4 Å². The summed E-state index contributed by atoms with van der Waals surface area (Å²) in [5.74, 6) is 0.628. The molecule has 0 aromatic carbocycles. The lowest BCUT2D eigenvalue weighted by atomic mass is 10.5. The molecule has 8 nitrogen and oxygen atoms in total.